The second-order valence-electron chi connectivity index (χ2n) is 5.52. The number of carbonyl (C=O) groups excluding carboxylic acids is 1. The maximum atomic E-state index is 12.0. The Balaban J connectivity index is 2.00. The number of esters is 1. The lowest BCUT2D eigenvalue weighted by molar-refractivity contribution is -0.142. The molecule has 0 bridgehead atoms. The molecule has 24 heavy (non-hydrogen) atoms. The fourth-order valence-electron chi connectivity index (χ4n) is 3.07. The highest BCUT2D eigenvalue weighted by Gasteiger charge is 2.22. The summed E-state index contributed by atoms with van der Waals surface area (Å²) in [5.74, 6) is 0.938. The predicted molar refractivity (Wildman–Crippen MR) is 91.8 cm³/mol. The third kappa shape index (κ3) is 2.36. The van der Waals surface area contributed by atoms with Crippen molar-refractivity contribution in [1.82, 2.24) is 0 Å². The zero-order chi connectivity index (χ0) is 16.5. The molecule has 4 rings (SSSR count). The molecule has 4 nitrogen and oxygen atoms in total. The zero-order valence-electron chi connectivity index (χ0n) is 13.2. The van der Waals surface area contributed by atoms with Crippen molar-refractivity contribution in [2.24, 2.45) is 0 Å². The van der Waals surface area contributed by atoms with Crippen LogP contribution in [-0.4, -0.2) is 12.6 Å². The Morgan fingerprint density at radius 2 is 1.96 bits per heavy atom. The molecule has 4 heteroatoms. The summed E-state index contributed by atoms with van der Waals surface area (Å²) >= 11 is 0. The van der Waals surface area contributed by atoms with E-state index in [0.717, 1.165) is 27.3 Å². The molecule has 2 aromatic heterocycles. The summed E-state index contributed by atoms with van der Waals surface area (Å²) in [6, 6.07) is 15.7. The van der Waals surface area contributed by atoms with Crippen molar-refractivity contribution in [3.05, 3.63) is 60.6 Å². The number of carbonyl (C=O) groups is 1. The van der Waals surface area contributed by atoms with Crippen molar-refractivity contribution in [2.45, 2.75) is 13.3 Å². The number of hydrogen-bond donors (Lipinski definition) is 0. The zero-order valence-corrected chi connectivity index (χ0v) is 13.2. The molecule has 0 spiro atoms. The van der Waals surface area contributed by atoms with Crippen molar-refractivity contribution in [2.75, 3.05) is 6.61 Å². The van der Waals surface area contributed by atoms with Crippen LogP contribution in [-0.2, 0) is 16.0 Å². The Hall–Kier alpha value is -3.01. The van der Waals surface area contributed by atoms with E-state index in [2.05, 4.69) is 6.07 Å². The monoisotopic (exact) mass is 320 g/mol. The lowest BCUT2D eigenvalue weighted by Gasteiger charge is -2.03. The summed E-state index contributed by atoms with van der Waals surface area (Å²) in [5, 5.41) is 3.14. The molecule has 0 saturated heterocycles. The van der Waals surface area contributed by atoms with Crippen LogP contribution in [0.25, 0.3) is 33.1 Å². The highest BCUT2D eigenvalue weighted by Crippen LogP contribution is 2.39. The van der Waals surface area contributed by atoms with Crippen molar-refractivity contribution in [3.63, 3.8) is 0 Å². The van der Waals surface area contributed by atoms with Crippen LogP contribution in [0.15, 0.2) is 63.6 Å². The Kier molecular flexibility index (Phi) is 3.58. The lowest BCUT2D eigenvalue weighted by Crippen LogP contribution is -2.07. The Morgan fingerprint density at radius 1 is 1.08 bits per heavy atom. The maximum Gasteiger partial charge on any atom is 0.313 e. The highest BCUT2D eigenvalue weighted by atomic mass is 16.5. The average molecular weight is 320 g/mol. The smallest absolute Gasteiger partial charge is 0.313 e. The molecule has 0 aliphatic rings. The third-order valence-electron chi connectivity index (χ3n) is 4.03. The van der Waals surface area contributed by atoms with Gasteiger partial charge in [0.15, 0.2) is 0 Å². The van der Waals surface area contributed by atoms with Gasteiger partial charge in [0.25, 0.3) is 0 Å². The van der Waals surface area contributed by atoms with Gasteiger partial charge in [0.2, 0.25) is 0 Å². The van der Waals surface area contributed by atoms with E-state index in [1.54, 1.807) is 13.2 Å². The van der Waals surface area contributed by atoms with Crippen LogP contribution in [0.5, 0.6) is 0 Å². The van der Waals surface area contributed by atoms with Gasteiger partial charge in [-0.2, -0.15) is 0 Å². The molecule has 2 aromatic carbocycles. The van der Waals surface area contributed by atoms with Gasteiger partial charge in [0.05, 0.1) is 18.4 Å². The molecule has 0 fully saturated rings. The molecule has 0 atom stereocenters. The number of furan rings is 2. The van der Waals surface area contributed by atoms with Crippen LogP contribution in [0.3, 0.4) is 0 Å². The van der Waals surface area contributed by atoms with Crippen LogP contribution >= 0.6 is 0 Å². The average Bonchev–Trinajstić information content (AvgIpc) is 3.21. The van der Waals surface area contributed by atoms with E-state index >= 15 is 0 Å². The summed E-state index contributed by atoms with van der Waals surface area (Å²) < 4.78 is 16.7. The van der Waals surface area contributed by atoms with Gasteiger partial charge >= 0.3 is 5.97 Å². The Labute approximate surface area is 138 Å². The highest BCUT2D eigenvalue weighted by molar-refractivity contribution is 6.13. The largest absolute Gasteiger partial charge is 0.466 e. The number of fused-ring (bicyclic) bond motifs is 3. The van der Waals surface area contributed by atoms with E-state index in [-0.39, 0.29) is 12.4 Å². The van der Waals surface area contributed by atoms with E-state index < -0.39 is 0 Å². The second-order valence-corrected chi connectivity index (χ2v) is 5.52. The SMILES string of the molecule is CCOC(=O)Cc1oc2ccc3ccccc3c2c1-c1ccco1. The van der Waals surface area contributed by atoms with Crippen molar-refractivity contribution in [1.29, 1.82) is 0 Å². The summed E-state index contributed by atoms with van der Waals surface area (Å²) in [5.41, 5.74) is 1.55. The minimum Gasteiger partial charge on any atom is -0.466 e. The minimum absolute atomic E-state index is 0.0763. The van der Waals surface area contributed by atoms with E-state index in [1.165, 1.54) is 0 Å². The topological polar surface area (TPSA) is 52.6 Å². The molecule has 0 aliphatic heterocycles. The predicted octanol–water partition coefficient (Wildman–Crippen LogP) is 4.95. The van der Waals surface area contributed by atoms with Gasteiger partial charge in [-0.3, -0.25) is 4.79 Å². The van der Waals surface area contributed by atoms with Gasteiger partial charge in [0.1, 0.15) is 23.5 Å². The summed E-state index contributed by atoms with van der Waals surface area (Å²) in [4.78, 5) is 12.0. The molecule has 2 heterocycles. The maximum absolute atomic E-state index is 12.0. The fourth-order valence-corrected chi connectivity index (χ4v) is 3.07. The molecular weight excluding hydrogens is 304 g/mol. The summed E-state index contributed by atoms with van der Waals surface area (Å²) in [6.07, 6.45) is 1.69. The number of rotatable bonds is 4. The molecular formula is C20H16O4. The van der Waals surface area contributed by atoms with E-state index in [4.69, 9.17) is 13.6 Å². The van der Waals surface area contributed by atoms with E-state index in [9.17, 15) is 4.79 Å². The van der Waals surface area contributed by atoms with Crippen LogP contribution < -0.4 is 0 Å². The molecule has 0 N–H and O–H groups in total. The molecule has 0 unspecified atom stereocenters. The summed E-state index contributed by atoms with van der Waals surface area (Å²) in [7, 11) is 0. The van der Waals surface area contributed by atoms with E-state index in [1.807, 2.05) is 42.5 Å². The van der Waals surface area contributed by atoms with Gasteiger partial charge < -0.3 is 13.6 Å². The van der Waals surface area contributed by atoms with Gasteiger partial charge in [-0.25, -0.2) is 0 Å². The normalized spacial score (nSPS) is 11.2. The fraction of sp³-hybridized carbons (Fsp3) is 0.150. The number of benzene rings is 2. The first kappa shape index (κ1) is 14.6. The lowest BCUT2D eigenvalue weighted by atomic mass is 10.0. The van der Waals surface area contributed by atoms with Crippen molar-refractivity contribution >= 4 is 27.7 Å². The first-order valence-electron chi connectivity index (χ1n) is 7.90. The van der Waals surface area contributed by atoms with Gasteiger partial charge in [-0.15, -0.1) is 0 Å². The standard InChI is InChI=1S/C20H16O4/c1-2-22-18(21)12-17-20(15-8-5-11-23-15)19-14-7-4-3-6-13(14)9-10-16(19)24-17/h3-11H,2,12H2,1H3. The van der Waals surface area contributed by atoms with Crippen LogP contribution in [0.4, 0.5) is 0 Å². The Morgan fingerprint density at radius 3 is 2.75 bits per heavy atom. The number of hydrogen-bond acceptors (Lipinski definition) is 4. The minimum atomic E-state index is -0.311. The quantitative estimate of drug-likeness (QED) is 0.499. The van der Waals surface area contributed by atoms with Gasteiger partial charge in [-0.05, 0) is 35.9 Å². The molecule has 0 aliphatic carbocycles. The second kappa shape index (κ2) is 5.89. The van der Waals surface area contributed by atoms with Crippen molar-refractivity contribution in [3.8, 4) is 11.3 Å². The van der Waals surface area contributed by atoms with Crippen LogP contribution in [0, 0.1) is 0 Å². The molecule has 120 valence electrons. The van der Waals surface area contributed by atoms with Gasteiger partial charge in [0, 0.05) is 5.39 Å². The van der Waals surface area contributed by atoms with Crippen molar-refractivity contribution < 1.29 is 18.4 Å². The molecule has 4 aromatic rings. The van der Waals surface area contributed by atoms with E-state index in [0.29, 0.717) is 18.1 Å². The summed E-state index contributed by atoms with van der Waals surface area (Å²) in [6.45, 7) is 2.13. The van der Waals surface area contributed by atoms with Gasteiger partial charge in [-0.1, -0.05) is 30.3 Å². The molecule has 0 saturated carbocycles. The molecule has 0 radical (unpaired) electrons. The van der Waals surface area contributed by atoms with Crippen LogP contribution in [0.2, 0.25) is 0 Å². The molecule has 0 amide bonds. The number of ether oxygens (including phenoxy) is 1. The van der Waals surface area contributed by atoms with Crippen LogP contribution in [0.1, 0.15) is 12.7 Å². The first-order valence-corrected chi connectivity index (χ1v) is 7.90. The first-order chi connectivity index (χ1) is 11.8. The Bertz CT molecular complexity index is 1010. The third-order valence-corrected chi connectivity index (χ3v) is 4.03.